The summed E-state index contributed by atoms with van der Waals surface area (Å²) in [6, 6.07) is 5.28. The number of aryl methyl sites for hydroxylation is 2. The highest BCUT2D eigenvalue weighted by molar-refractivity contribution is 6.30. The number of nitrogens with one attached hydrogen (secondary N) is 2. The fourth-order valence-electron chi connectivity index (χ4n) is 1.69. The lowest BCUT2D eigenvalue weighted by Gasteiger charge is -2.06. The second-order valence-electron chi connectivity index (χ2n) is 4.27. The molecular weight excluding hydrogens is 264 g/mol. The number of aromatic nitrogens is 3. The minimum atomic E-state index is -0.330. The first kappa shape index (κ1) is 13.5. The van der Waals surface area contributed by atoms with Crippen molar-refractivity contribution in [3.05, 3.63) is 40.4 Å². The Labute approximate surface area is 116 Å². The highest BCUT2D eigenvalue weighted by Gasteiger charge is 2.13. The third-order valence-electron chi connectivity index (χ3n) is 2.66. The largest absolute Gasteiger partial charge is 0.319 e. The lowest BCUT2D eigenvalue weighted by Crippen LogP contribution is -2.14. The monoisotopic (exact) mass is 278 g/mol. The van der Waals surface area contributed by atoms with Gasteiger partial charge in [-0.2, -0.15) is 0 Å². The second kappa shape index (κ2) is 5.84. The van der Waals surface area contributed by atoms with Gasteiger partial charge in [0, 0.05) is 17.1 Å². The van der Waals surface area contributed by atoms with Gasteiger partial charge in [0.2, 0.25) is 5.82 Å². The molecule has 0 bridgehead atoms. The Kier molecular flexibility index (Phi) is 4.16. The van der Waals surface area contributed by atoms with E-state index < -0.39 is 0 Å². The summed E-state index contributed by atoms with van der Waals surface area (Å²) in [6.45, 7) is 3.92. The van der Waals surface area contributed by atoms with Crippen molar-refractivity contribution in [1.29, 1.82) is 0 Å². The summed E-state index contributed by atoms with van der Waals surface area (Å²) in [5.74, 6) is 0.544. The highest BCUT2D eigenvalue weighted by Crippen LogP contribution is 2.19. The maximum Gasteiger partial charge on any atom is 0.295 e. The number of nitrogens with zero attached hydrogens (tertiary/aromatic N) is 2. The summed E-state index contributed by atoms with van der Waals surface area (Å²) in [5, 5.41) is 10.1. The van der Waals surface area contributed by atoms with Gasteiger partial charge in [0.15, 0.2) is 0 Å². The van der Waals surface area contributed by atoms with Crippen LogP contribution in [0.5, 0.6) is 0 Å². The summed E-state index contributed by atoms with van der Waals surface area (Å²) >= 11 is 5.87. The molecular formula is C13H15ClN4O. The van der Waals surface area contributed by atoms with Crippen LogP contribution in [0, 0.1) is 6.92 Å². The molecule has 0 aliphatic rings. The molecule has 0 unspecified atom stereocenters. The first-order chi connectivity index (χ1) is 9.10. The zero-order valence-electron chi connectivity index (χ0n) is 10.8. The summed E-state index contributed by atoms with van der Waals surface area (Å²) in [4.78, 5) is 16.1. The van der Waals surface area contributed by atoms with Gasteiger partial charge in [-0.25, -0.2) is 4.98 Å². The van der Waals surface area contributed by atoms with Crippen molar-refractivity contribution in [2.24, 2.45) is 0 Å². The van der Waals surface area contributed by atoms with Gasteiger partial charge in [-0.1, -0.05) is 18.5 Å². The average Bonchev–Trinajstić information content (AvgIpc) is 2.82. The van der Waals surface area contributed by atoms with Crippen LogP contribution in [-0.2, 0) is 6.42 Å². The Morgan fingerprint density at radius 1 is 1.47 bits per heavy atom. The van der Waals surface area contributed by atoms with Gasteiger partial charge in [0.05, 0.1) is 0 Å². The number of hydrogen-bond acceptors (Lipinski definition) is 3. The molecule has 2 N–H and O–H groups in total. The van der Waals surface area contributed by atoms with Crippen LogP contribution in [0.25, 0.3) is 0 Å². The normalized spacial score (nSPS) is 10.5. The molecule has 0 aliphatic heterocycles. The van der Waals surface area contributed by atoms with Crippen molar-refractivity contribution in [2.75, 3.05) is 5.32 Å². The first-order valence-corrected chi connectivity index (χ1v) is 6.46. The minimum Gasteiger partial charge on any atom is -0.319 e. The van der Waals surface area contributed by atoms with E-state index in [0.29, 0.717) is 10.7 Å². The molecule has 0 fully saturated rings. The summed E-state index contributed by atoms with van der Waals surface area (Å²) < 4.78 is 0. The van der Waals surface area contributed by atoms with E-state index in [1.54, 1.807) is 18.2 Å². The smallest absolute Gasteiger partial charge is 0.295 e. The number of carbonyl (C=O) groups excluding carboxylic acids is 1. The van der Waals surface area contributed by atoms with Crippen LogP contribution < -0.4 is 5.32 Å². The molecule has 0 saturated heterocycles. The Bertz CT molecular complexity index is 594. The Hall–Kier alpha value is -1.88. The van der Waals surface area contributed by atoms with E-state index in [1.807, 2.05) is 13.8 Å². The Balaban J connectivity index is 2.11. The number of benzene rings is 1. The van der Waals surface area contributed by atoms with Gasteiger partial charge >= 0.3 is 0 Å². The Morgan fingerprint density at radius 3 is 2.95 bits per heavy atom. The lowest BCUT2D eigenvalue weighted by molar-refractivity contribution is 0.101. The van der Waals surface area contributed by atoms with Crippen molar-refractivity contribution in [2.45, 2.75) is 26.7 Å². The zero-order chi connectivity index (χ0) is 13.8. The van der Waals surface area contributed by atoms with Crippen LogP contribution >= 0.6 is 11.6 Å². The van der Waals surface area contributed by atoms with E-state index in [-0.39, 0.29) is 11.7 Å². The maximum atomic E-state index is 12.0. The molecule has 1 heterocycles. The van der Waals surface area contributed by atoms with E-state index in [2.05, 4.69) is 20.5 Å². The molecule has 1 aromatic heterocycles. The predicted molar refractivity (Wildman–Crippen MR) is 74.5 cm³/mol. The van der Waals surface area contributed by atoms with Crippen LogP contribution in [0.1, 0.15) is 35.4 Å². The van der Waals surface area contributed by atoms with Crippen molar-refractivity contribution >= 4 is 23.2 Å². The fourth-order valence-corrected chi connectivity index (χ4v) is 1.92. The number of aromatic amines is 1. The van der Waals surface area contributed by atoms with Gasteiger partial charge in [-0.3, -0.25) is 9.89 Å². The predicted octanol–water partition coefficient (Wildman–Crippen LogP) is 2.97. The molecule has 0 spiro atoms. The molecule has 1 amide bonds. The molecule has 2 aromatic rings. The maximum absolute atomic E-state index is 12.0. The summed E-state index contributed by atoms with van der Waals surface area (Å²) in [7, 11) is 0. The number of H-pyrrole nitrogens is 1. The molecule has 2 rings (SSSR count). The van der Waals surface area contributed by atoms with E-state index in [9.17, 15) is 4.79 Å². The average molecular weight is 279 g/mol. The molecule has 0 aliphatic carbocycles. The number of anilines is 1. The van der Waals surface area contributed by atoms with Crippen LogP contribution in [0.15, 0.2) is 18.2 Å². The van der Waals surface area contributed by atoms with Crippen LogP contribution in [-0.4, -0.2) is 21.1 Å². The first-order valence-electron chi connectivity index (χ1n) is 6.09. The quantitative estimate of drug-likeness (QED) is 0.903. The third kappa shape index (κ3) is 3.32. The van der Waals surface area contributed by atoms with Gasteiger partial charge < -0.3 is 5.32 Å². The van der Waals surface area contributed by atoms with Crippen LogP contribution in [0.4, 0.5) is 5.69 Å². The van der Waals surface area contributed by atoms with Crippen LogP contribution in [0.2, 0.25) is 5.02 Å². The molecule has 0 saturated carbocycles. The summed E-state index contributed by atoms with van der Waals surface area (Å²) in [5.41, 5.74) is 1.60. The van der Waals surface area contributed by atoms with Crippen molar-refractivity contribution in [3.63, 3.8) is 0 Å². The molecule has 0 atom stereocenters. The second-order valence-corrected chi connectivity index (χ2v) is 4.71. The topological polar surface area (TPSA) is 70.7 Å². The van der Waals surface area contributed by atoms with Crippen molar-refractivity contribution < 1.29 is 4.79 Å². The lowest BCUT2D eigenvalue weighted by atomic mass is 10.2. The van der Waals surface area contributed by atoms with E-state index in [4.69, 9.17) is 11.6 Å². The molecule has 5 nitrogen and oxygen atoms in total. The van der Waals surface area contributed by atoms with Crippen molar-refractivity contribution in [3.8, 4) is 0 Å². The molecule has 100 valence electrons. The van der Waals surface area contributed by atoms with Gasteiger partial charge in [0.25, 0.3) is 5.91 Å². The van der Waals surface area contributed by atoms with E-state index >= 15 is 0 Å². The van der Waals surface area contributed by atoms with Gasteiger partial charge in [0.1, 0.15) is 5.82 Å². The standard InChI is InChI=1S/C13H15ClN4O/c1-3-4-11-16-12(18-17-11)13(19)15-10-6-5-9(14)7-8(10)2/h5-7H,3-4H2,1-2H3,(H,15,19)(H,16,17,18). The van der Waals surface area contributed by atoms with Crippen molar-refractivity contribution in [1.82, 2.24) is 15.2 Å². The molecule has 19 heavy (non-hydrogen) atoms. The molecule has 6 heteroatoms. The van der Waals surface area contributed by atoms with Crippen LogP contribution in [0.3, 0.4) is 0 Å². The SMILES string of the molecule is CCCc1nc(C(=O)Nc2ccc(Cl)cc2C)n[nH]1. The van der Waals surface area contributed by atoms with E-state index in [1.165, 1.54) is 0 Å². The number of halogens is 1. The molecule has 0 radical (unpaired) electrons. The highest BCUT2D eigenvalue weighted by atomic mass is 35.5. The number of carbonyl (C=O) groups is 1. The minimum absolute atomic E-state index is 0.151. The third-order valence-corrected chi connectivity index (χ3v) is 2.89. The number of rotatable bonds is 4. The summed E-state index contributed by atoms with van der Waals surface area (Å²) in [6.07, 6.45) is 1.73. The number of hydrogen-bond donors (Lipinski definition) is 2. The van der Waals surface area contributed by atoms with Gasteiger partial charge in [-0.15, -0.1) is 5.10 Å². The zero-order valence-corrected chi connectivity index (χ0v) is 11.6. The fraction of sp³-hybridized carbons (Fsp3) is 0.308. The molecule has 1 aromatic carbocycles. The Morgan fingerprint density at radius 2 is 2.26 bits per heavy atom. The van der Waals surface area contributed by atoms with Gasteiger partial charge in [-0.05, 0) is 37.1 Å². The van der Waals surface area contributed by atoms with E-state index in [0.717, 1.165) is 24.2 Å². The number of amides is 1.